The summed E-state index contributed by atoms with van der Waals surface area (Å²) in [6.45, 7) is 5.57. The molecule has 40 heavy (non-hydrogen) atoms. The molecule has 1 unspecified atom stereocenters. The lowest BCUT2D eigenvalue weighted by molar-refractivity contribution is -0.156. The summed E-state index contributed by atoms with van der Waals surface area (Å²) in [7, 11) is 0. The highest BCUT2D eigenvalue weighted by molar-refractivity contribution is 7.11. The highest BCUT2D eigenvalue weighted by atomic mass is 32.1. The molecule has 0 N–H and O–H groups in total. The van der Waals surface area contributed by atoms with Crippen molar-refractivity contribution < 1.29 is 9.53 Å². The Bertz CT molecular complexity index is 1440. The Morgan fingerprint density at radius 3 is 1.93 bits per heavy atom. The number of esters is 1. The van der Waals surface area contributed by atoms with E-state index in [1.165, 1.54) is 11.3 Å². The Morgan fingerprint density at radius 1 is 0.900 bits per heavy atom. The monoisotopic (exact) mass is 548 g/mol. The van der Waals surface area contributed by atoms with Crippen molar-refractivity contribution >= 4 is 23.5 Å². The summed E-state index contributed by atoms with van der Waals surface area (Å²) in [6, 6.07) is 30.5. The molecule has 0 aliphatic rings. The maximum absolute atomic E-state index is 13.2. The fourth-order valence-electron chi connectivity index (χ4n) is 4.85. The smallest absolute Gasteiger partial charge is 0.331 e. The molecule has 7 heteroatoms. The molecule has 0 spiro atoms. The fraction of sp³-hybridized carbons (Fsp3) is 0.212. The summed E-state index contributed by atoms with van der Waals surface area (Å²) < 4.78 is 7.86. The molecule has 0 saturated carbocycles. The highest BCUT2D eigenvalue weighted by Crippen LogP contribution is 2.40. The average molecular weight is 549 g/mol. The molecule has 0 aliphatic carbocycles. The first-order chi connectivity index (χ1) is 19.4. The summed E-state index contributed by atoms with van der Waals surface area (Å²) in [6.07, 6.45) is 7.51. The lowest BCUT2D eigenvalue weighted by Gasteiger charge is -2.37. The first-order valence-electron chi connectivity index (χ1n) is 13.2. The van der Waals surface area contributed by atoms with Crippen LogP contribution in [0.2, 0.25) is 0 Å². The minimum absolute atomic E-state index is 0.290. The number of ether oxygens (including phenoxy) is 1. The van der Waals surface area contributed by atoms with Crippen molar-refractivity contribution in [1.29, 1.82) is 0 Å². The van der Waals surface area contributed by atoms with E-state index in [0.29, 0.717) is 0 Å². The lowest BCUT2D eigenvalue weighted by atomic mass is 9.77. The van der Waals surface area contributed by atoms with Gasteiger partial charge in [-0.25, -0.2) is 14.8 Å². The van der Waals surface area contributed by atoms with Crippen LogP contribution in [0.4, 0.5) is 0 Å². The molecule has 2 heterocycles. The van der Waals surface area contributed by atoms with Crippen molar-refractivity contribution in [3.05, 3.63) is 142 Å². The van der Waals surface area contributed by atoms with Gasteiger partial charge in [-0.2, -0.15) is 0 Å². The van der Waals surface area contributed by atoms with Gasteiger partial charge in [0.2, 0.25) is 0 Å². The topological polar surface area (TPSA) is 69.4 Å². The number of hydrogen-bond donors (Lipinski definition) is 0. The van der Waals surface area contributed by atoms with Gasteiger partial charge in [-0.1, -0.05) is 91.0 Å². The van der Waals surface area contributed by atoms with Crippen LogP contribution in [0.5, 0.6) is 0 Å². The zero-order valence-electron chi connectivity index (χ0n) is 22.8. The van der Waals surface area contributed by atoms with E-state index in [9.17, 15) is 4.79 Å². The molecule has 5 aromatic rings. The van der Waals surface area contributed by atoms with Crippen LogP contribution >= 0.6 is 11.3 Å². The maximum atomic E-state index is 13.2. The number of thiazole rings is 1. The van der Waals surface area contributed by atoms with Gasteiger partial charge in [0, 0.05) is 24.2 Å². The number of benzene rings is 3. The van der Waals surface area contributed by atoms with Crippen molar-refractivity contribution in [3.63, 3.8) is 0 Å². The minimum Gasteiger partial charge on any atom is -0.458 e. The van der Waals surface area contributed by atoms with Crippen LogP contribution in [0.1, 0.15) is 48.2 Å². The third kappa shape index (κ3) is 5.95. The van der Waals surface area contributed by atoms with Crippen LogP contribution in [-0.4, -0.2) is 38.4 Å². The molecule has 6 nitrogen and oxygen atoms in total. The third-order valence-electron chi connectivity index (χ3n) is 6.50. The molecular formula is C33H32N4O2S. The molecule has 0 radical (unpaired) electrons. The van der Waals surface area contributed by atoms with Crippen molar-refractivity contribution in [2.45, 2.75) is 44.4 Å². The molecule has 0 fully saturated rings. The molecule has 5 rings (SSSR count). The second-order valence-corrected chi connectivity index (χ2v) is 11.4. The Balaban J connectivity index is 1.59. The van der Waals surface area contributed by atoms with E-state index < -0.39 is 23.2 Å². The second kappa shape index (κ2) is 11.8. The fourth-order valence-corrected chi connectivity index (χ4v) is 5.36. The standard InChI is InChI=1S/C33H32N4O2S/c1-32(2,3)39-31(38)29(35-22-30-34-19-20-40-30)21-28-23-37(24-36-28)33(25-13-7-4-8-14-25,26-15-9-5-10-16-26)27-17-11-6-12-18-27/h4-20,22-24,29H,21H2,1-3H3/b35-22+. The van der Waals surface area contributed by atoms with Gasteiger partial charge in [-0.15, -0.1) is 11.3 Å². The van der Waals surface area contributed by atoms with Gasteiger partial charge < -0.3 is 9.30 Å². The van der Waals surface area contributed by atoms with Crippen LogP contribution in [0.25, 0.3) is 0 Å². The molecule has 1 atom stereocenters. The normalized spacial score (nSPS) is 12.9. The van der Waals surface area contributed by atoms with Crippen LogP contribution in [0, 0.1) is 0 Å². The Kier molecular flexibility index (Phi) is 8.03. The number of rotatable bonds is 9. The molecule has 0 bridgehead atoms. The van der Waals surface area contributed by atoms with Gasteiger partial charge in [-0.05, 0) is 37.5 Å². The number of nitrogens with zero attached hydrogens (tertiary/aromatic N) is 4. The quantitative estimate of drug-likeness (QED) is 0.119. The van der Waals surface area contributed by atoms with E-state index in [4.69, 9.17) is 9.72 Å². The zero-order chi connectivity index (χ0) is 28.0. The largest absolute Gasteiger partial charge is 0.458 e. The van der Waals surface area contributed by atoms with Gasteiger partial charge in [0.1, 0.15) is 16.1 Å². The average Bonchev–Trinajstić information content (AvgIpc) is 3.65. The van der Waals surface area contributed by atoms with E-state index in [1.807, 2.05) is 56.9 Å². The van der Waals surface area contributed by atoms with Crippen molar-refractivity contribution in [2.75, 3.05) is 0 Å². The first-order valence-corrected chi connectivity index (χ1v) is 14.1. The number of aliphatic imine (C=N–C) groups is 1. The summed E-state index contributed by atoms with van der Waals surface area (Å²) in [5, 5.41) is 2.61. The molecule has 0 aliphatic heterocycles. The molecule has 202 valence electrons. The maximum Gasteiger partial charge on any atom is 0.331 e. The van der Waals surface area contributed by atoms with E-state index in [1.54, 1.807) is 12.4 Å². The SMILES string of the molecule is CC(C)(C)OC(=O)C(Cc1cn(C(c2ccccc2)(c2ccccc2)c2ccccc2)cn1)/N=C/c1nccs1. The third-order valence-corrected chi connectivity index (χ3v) is 7.21. The van der Waals surface area contributed by atoms with Crippen molar-refractivity contribution in [1.82, 2.24) is 14.5 Å². The predicted octanol–water partition coefficient (Wildman–Crippen LogP) is 6.55. The summed E-state index contributed by atoms with van der Waals surface area (Å²) in [5.41, 5.74) is 2.72. The number of hydrogen-bond acceptors (Lipinski definition) is 6. The molecule has 0 amide bonds. The highest BCUT2D eigenvalue weighted by Gasteiger charge is 2.38. The van der Waals surface area contributed by atoms with Crippen LogP contribution in [0.3, 0.4) is 0 Å². The summed E-state index contributed by atoms with van der Waals surface area (Å²) in [5.74, 6) is -0.393. The lowest BCUT2D eigenvalue weighted by Crippen LogP contribution is -2.37. The Labute approximate surface area is 239 Å². The minimum atomic E-state index is -0.758. The van der Waals surface area contributed by atoms with Gasteiger partial charge in [0.25, 0.3) is 0 Å². The van der Waals surface area contributed by atoms with Crippen LogP contribution in [0.15, 0.2) is 120 Å². The van der Waals surface area contributed by atoms with Crippen LogP contribution in [-0.2, 0) is 21.5 Å². The Hall–Kier alpha value is -4.36. The Morgan fingerprint density at radius 2 is 1.45 bits per heavy atom. The van der Waals surface area contributed by atoms with E-state index in [0.717, 1.165) is 27.4 Å². The number of imidazole rings is 1. The first kappa shape index (κ1) is 27.2. The number of carbonyl (C=O) groups excluding carboxylic acids is 1. The summed E-state index contributed by atoms with van der Waals surface area (Å²) in [4.78, 5) is 26.8. The number of carbonyl (C=O) groups is 1. The van der Waals surface area contributed by atoms with E-state index in [2.05, 4.69) is 87.3 Å². The van der Waals surface area contributed by atoms with Crippen molar-refractivity contribution in [3.8, 4) is 0 Å². The molecule has 0 saturated heterocycles. The van der Waals surface area contributed by atoms with Crippen molar-refractivity contribution in [2.24, 2.45) is 4.99 Å². The zero-order valence-corrected chi connectivity index (χ0v) is 23.7. The molecular weight excluding hydrogens is 516 g/mol. The van der Waals surface area contributed by atoms with E-state index >= 15 is 0 Å². The van der Waals surface area contributed by atoms with Gasteiger partial charge in [-0.3, -0.25) is 4.99 Å². The van der Waals surface area contributed by atoms with Gasteiger partial charge in [0.15, 0.2) is 6.04 Å². The summed E-state index contributed by atoms with van der Waals surface area (Å²) >= 11 is 1.46. The predicted molar refractivity (Wildman–Crippen MR) is 160 cm³/mol. The van der Waals surface area contributed by atoms with Crippen LogP contribution < -0.4 is 0 Å². The van der Waals surface area contributed by atoms with Gasteiger partial charge >= 0.3 is 5.97 Å². The van der Waals surface area contributed by atoms with Gasteiger partial charge in [0.05, 0.1) is 18.2 Å². The van der Waals surface area contributed by atoms with E-state index in [-0.39, 0.29) is 6.42 Å². The second-order valence-electron chi connectivity index (χ2n) is 10.5. The number of aromatic nitrogens is 3. The molecule has 2 aromatic heterocycles. The molecule has 3 aromatic carbocycles.